The Labute approximate surface area is 123 Å². The molecule has 20 heavy (non-hydrogen) atoms. The van der Waals surface area contributed by atoms with Crippen molar-refractivity contribution in [1.82, 2.24) is 0 Å². The minimum Gasteiger partial charge on any atom is -0.469 e. The third-order valence-electron chi connectivity index (χ3n) is 6.34. The van der Waals surface area contributed by atoms with Gasteiger partial charge in [-0.25, -0.2) is 0 Å². The molecule has 0 amide bonds. The Morgan fingerprint density at radius 3 is 2.90 bits per heavy atom. The molecule has 0 aromatic rings. The Balaban J connectivity index is 1.89. The molecule has 0 saturated heterocycles. The Morgan fingerprint density at radius 1 is 1.35 bits per heavy atom. The fraction of sp³-hybridized carbons (Fsp3) is 0.833. The predicted octanol–water partition coefficient (Wildman–Crippen LogP) is 4.35. The highest BCUT2D eigenvalue weighted by Gasteiger charge is 2.51. The number of esters is 1. The van der Waals surface area contributed by atoms with Gasteiger partial charge in [-0.1, -0.05) is 25.0 Å². The normalized spacial score (nSPS) is 44.0. The van der Waals surface area contributed by atoms with Gasteiger partial charge in [0.2, 0.25) is 0 Å². The molecule has 0 aromatic carbocycles. The van der Waals surface area contributed by atoms with Crippen molar-refractivity contribution in [1.29, 1.82) is 0 Å². The van der Waals surface area contributed by atoms with Crippen molar-refractivity contribution in [2.75, 3.05) is 7.11 Å². The van der Waals surface area contributed by atoms with Crippen molar-refractivity contribution in [2.24, 2.45) is 29.1 Å². The van der Waals surface area contributed by atoms with E-state index in [9.17, 15) is 4.79 Å². The van der Waals surface area contributed by atoms with E-state index in [1.807, 2.05) is 0 Å². The van der Waals surface area contributed by atoms with E-state index < -0.39 is 0 Å². The minimum atomic E-state index is -0.244. The van der Waals surface area contributed by atoms with Crippen molar-refractivity contribution in [3.05, 3.63) is 11.6 Å². The van der Waals surface area contributed by atoms with Crippen LogP contribution in [0.15, 0.2) is 11.6 Å². The average Bonchev–Trinajstić information content (AvgIpc) is 2.46. The van der Waals surface area contributed by atoms with Gasteiger partial charge < -0.3 is 4.74 Å². The summed E-state index contributed by atoms with van der Waals surface area (Å²) >= 11 is 0. The van der Waals surface area contributed by atoms with Crippen LogP contribution in [0.2, 0.25) is 0 Å². The van der Waals surface area contributed by atoms with Crippen LogP contribution in [0.25, 0.3) is 0 Å². The molecule has 0 aromatic heterocycles. The molecule has 2 heteroatoms. The number of methoxy groups -OCH3 is 1. The van der Waals surface area contributed by atoms with Gasteiger partial charge in [-0.3, -0.25) is 4.79 Å². The van der Waals surface area contributed by atoms with Crippen LogP contribution in [-0.4, -0.2) is 13.1 Å². The highest BCUT2D eigenvalue weighted by molar-refractivity contribution is 5.77. The van der Waals surface area contributed by atoms with Gasteiger partial charge in [0, 0.05) is 0 Å². The van der Waals surface area contributed by atoms with E-state index in [1.165, 1.54) is 38.5 Å². The Hall–Kier alpha value is -0.790. The molecule has 0 heterocycles. The van der Waals surface area contributed by atoms with Crippen LogP contribution in [0.4, 0.5) is 0 Å². The summed E-state index contributed by atoms with van der Waals surface area (Å²) in [5.74, 6) is 2.84. The van der Waals surface area contributed by atoms with Crippen LogP contribution < -0.4 is 0 Å². The van der Waals surface area contributed by atoms with Crippen LogP contribution in [-0.2, 0) is 9.53 Å². The molecule has 0 spiro atoms. The first-order valence-corrected chi connectivity index (χ1v) is 8.34. The van der Waals surface area contributed by atoms with Gasteiger partial charge in [0.05, 0.1) is 12.5 Å². The van der Waals surface area contributed by atoms with E-state index >= 15 is 0 Å². The molecule has 0 bridgehead atoms. The first-order valence-electron chi connectivity index (χ1n) is 8.34. The Bertz CT molecular complexity index is 425. The maximum absolute atomic E-state index is 12.3. The zero-order valence-electron chi connectivity index (χ0n) is 13.2. The summed E-state index contributed by atoms with van der Waals surface area (Å²) in [5, 5.41) is 0. The fourth-order valence-corrected chi connectivity index (χ4v) is 5.27. The van der Waals surface area contributed by atoms with Gasteiger partial charge in [0.25, 0.3) is 0 Å². The summed E-state index contributed by atoms with van der Waals surface area (Å²) < 4.78 is 5.14. The number of rotatable bonds is 1. The van der Waals surface area contributed by atoms with E-state index in [2.05, 4.69) is 19.9 Å². The summed E-state index contributed by atoms with van der Waals surface area (Å²) in [6.45, 7) is 4.53. The van der Waals surface area contributed by atoms with Gasteiger partial charge in [-0.15, -0.1) is 0 Å². The highest BCUT2D eigenvalue weighted by atomic mass is 16.5. The summed E-state index contributed by atoms with van der Waals surface area (Å²) in [4.78, 5) is 12.3. The molecular formula is C18H28O2. The first kappa shape index (κ1) is 14.2. The second-order valence-electron chi connectivity index (χ2n) is 7.57. The van der Waals surface area contributed by atoms with Gasteiger partial charge in [-0.05, 0) is 69.1 Å². The lowest BCUT2D eigenvalue weighted by Gasteiger charge is -2.51. The second-order valence-corrected chi connectivity index (χ2v) is 7.57. The lowest BCUT2D eigenvalue weighted by atomic mass is 9.53. The standard InChI is InChI=1S/C18H28O2/c1-12-6-8-14-13(11-12)7-9-16-15(14)5-4-10-18(16,2)17(19)20-3/h8,12-13,15-16H,4-7,9-11H2,1-3H3/t12?,13?,15?,16?,18-/m1/s1. The number of hydrogen-bond donors (Lipinski definition) is 0. The lowest BCUT2D eigenvalue weighted by molar-refractivity contribution is -0.160. The number of ether oxygens (including phenoxy) is 1. The molecule has 3 aliphatic rings. The molecule has 3 aliphatic carbocycles. The molecule has 2 fully saturated rings. The third-order valence-corrected chi connectivity index (χ3v) is 6.34. The molecule has 0 N–H and O–H groups in total. The van der Waals surface area contributed by atoms with Crippen LogP contribution in [0.1, 0.15) is 58.8 Å². The summed E-state index contributed by atoms with van der Waals surface area (Å²) in [5.41, 5.74) is 1.46. The van der Waals surface area contributed by atoms with Crippen LogP contribution >= 0.6 is 0 Å². The van der Waals surface area contributed by atoms with E-state index in [1.54, 1.807) is 12.7 Å². The minimum absolute atomic E-state index is 0.0235. The molecule has 3 rings (SSSR count). The van der Waals surface area contributed by atoms with E-state index in [0.717, 1.165) is 18.3 Å². The second kappa shape index (κ2) is 5.20. The average molecular weight is 276 g/mol. The van der Waals surface area contributed by atoms with Gasteiger partial charge >= 0.3 is 5.97 Å². The maximum Gasteiger partial charge on any atom is 0.311 e. The topological polar surface area (TPSA) is 26.3 Å². The van der Waals surface area contributed by atoms with Crippen molar-refractivity contribution in [3.8, 4) is 0 Å². The number of carbonyl (C=O) groups is 1. The SMILES string of the molecule is COC(=O)[C@]1(C)CCCC2C3=CCC(C)CC3CCC21. The summed E-state index contributed by atoms with van der Waals surface area (Å²) in [6.07, 6.45) is 11.1. The largest absolute Gasteiger partial charge is 0.469 e. The van der Waals surface area contributed by atoms with Crippen molar-refractivity contribution in [2.45, 2.75) is 58.8 Å². The molecule has 0 aliphatic heterocycles. The van der Waals surface area contributed by atoms with Crippen LogP contribution in [0.5, 0.6) is 0 Å². The van der Waals surface area contributed by atoms with Crippen molar-refractivity contribution < 1.29 is 9.53 Å². The quantitative estimate of drug-likeness (QED) is 0.526. The smallest absolute Gasteiger partial charge is 0.311 e. The van der Waals surface area contributed by atoms with Crippen molar-refractivity contribution in [3.63, 3.8) is 0 Å². The Morgan fingerprint density at radius 2 is 2.15 bits per heavy atom. The molecular weight excluding hydrogens is 248 g/mol. The van der Waals surface area contributed by atoms with E-state index in [-0.39, 0.29) is 11.4 Å². The molecule has 2 saturated carbocycles. The van der Waals surface area contributed by atoms with Gasteiger partial charge in [0.15, 0.2) is 0 Å². The molecule has 2 nitrogen and oxygen atoms in total. The number of fused-ring (bicyclic) bond motifs is 3. The number of carbonyl (C=O) groups excluding carboxylic acids is 1. The summed E-state index contributed by atoms with van der Waals surface area (Å²) in [7, 11) is 1.55. The highest BCUT2D eigenvalue weighted by Crippen LogP contribution is 2.56. The maximum atomic E-state index is 12.3. The Kier molecular flexibility index (Phi) is 3.68. The molecule has 112 valence electrons. The predicted molar refractivity (Wildman–Crippen MR) is 80.2 cm³/mol. The molecule has 0 radical (unpaired) electrons. The first-order chi connectivity index (χ1) is 9.56. The summed E-state index contributed by atoms with van der Waals surface area (Å²) in [6, 6.07) is 0. The van der Waals surface area contributed by atoms with Gasteiger partial charge in [-0.2, -0.15) is 0 Å². The number of hydrogen-bond acceptors (Lipinski definition) is 2. The van der Waals surface area contributed by atoms with Gasteiger partial charge in [0.1, 0.15) is 0 Å². The van der Waals surface area contributed by atoms with Crippen LogP contribution in [0, 0.1) is 29.1 Å². The third kappa shape index (κ3) is 2.12. The zero-order valence-corrected chi connectivity index (χ0v) is 13.2. The number of allylic oxidation sites excluding steroid dienone is 2. The fourth-order valence-electron chi connectivity index (χ4n) is 5.27. The van der Waals surface area contributed by atoms with Crippen LogP contribution in [0.3, 0.4) is 0 Å². The lowest BCUT2D eigenvalue weighted by Crippen LogP contribution is -2.47. The van der Waals surface area contributed by atoms with Crippen molar-refractivity contribution >= 4 is 5.97 Å². The molecule has 5 atom stereocenters. The monoisotopic (exact) mass is 276 g/mol. The van der Waals surface area contributed by atoms with E-state index in [0.29, 0.717) is 11.8 Å². The van der Waals surface area contributed by atoms with E-state index in [4.69, 9.17) is 4.74 Å². The zero-order chi connectivity index (χ0) is 14.3. The molecule has 4 unspecified atom stereocenters.